The van der Waals surface area contributed by atoms with Crippen molar-refractivity contribution in [2.75, 3.05) is 32.7 Å². The van der Waals surface area contributed by atoms with E-state index < -0.39 is 0 Å². The van der Waals surface area contributed by atoms with E-state index in [2.05, 4.69) is 30.1 Å². The Morgan fingerprint density at radius 3 is 2.67 bits per heavy atom. The summed E-state index contributed by atoms with van der Waals surface area (Å²) < 4.78 is 0. The van der Waals surface area contributed by atoms with Crippen LogP contribution in [-0.4, -0.2) is 37.6 Å². The van der Waals surface area contributed by atoms with Gasteiger partial charge in [0.2, 0.25) is 0 Å². The van der Waals surface area contributed by atoms with Gasteiger partial charge in [-0.3, -0.25) is 0 Å². The van der Waals surface area contributed by atoms with Gasteiger partial charge in [0.05, 0.1) is 11.6 Å². The van der Waals surface area contributed by atoms with Crippen LogP contribution in [0.15, 0.2) is 12.1 Å². The lowest BCUT2D eigenvalue weighted by Crippen LogP contribution is -2.44. The fourth-order valence-electron chi connectivity index (χ4n) is 2.47. The van der Waals surface area contributed by atoms with Crippen LogP contribution in [0.4, 0.5) is 0 Å². The zero-order valence-electron chi connectivity index (χ0n) is 11.3. The Hall–Kier alpha value is -1.37. The highest BCUT2D eigenvalue weighted by Gasteiger charge is 2.11. The van der Waals surface area contributed by atoms with Gasteiger partial charge < -0.3 is 10.2 Å². The molecule has 0 bridgehead atoms. The van der Waals surface area contributed by atoms with E-state index in [1.807, 2.05) is 12.1 Å². The van der Waals surface area contributed by atoms with E-state index in [1.54, 1.807) is 0 Å². The molecule has 1 heterocycles. The Kier molecular flexibility index (Phi) is 4.35. The van der Waals surface area contributed by atoms with Crippen LogP contribution < -0.4 is 5.32 Å². The van der Waals surface area contributed by atoms with Gasteiger partial charge in [-0.05, 0) is 49.1 Å². The third-order valence-corrected chi connectivity index (χ3v) is 3.81. The van der Waals surface area contributed by atoms with Gasteiger partial charge in [-0.1, -0.05) is 0 Å². The molecule has 0 aliphatic carbocycles. The van der Waals surface area contributed by atoms with Gasteiger partial charge in [0, 0.05) is 32.7 Å². The molecule has 1 aliphatic rings. The molecule has 3 nitrogen and oxygen atoms in total. The number of hydrogen-bond acceptors (Lipinski definition) is 3. The third-order valence-electron chi connectivity index (χ3n) is 3.81. The highest BCUT2D eigenvalue weighted by atomic mass is 15.2. The maximum Gasteiger partial charge on any atom is 0.0991 e. The number of nitriles is 1. The van der Waals surface area contributed by atoms with E-state index in [1.165, 1.54) is 16.7 Å². The average molecular weight is 243 g/mol. The van der Waals surface area contributed by atoms with Crippen LogP contribution in [0.5, 0.6) is 0 Å². The van der Waals surface area contributed by atoms with Gasteiger partial charge in [0.25, 0.3) is 0 Å². The summed E-state index contributed by atoms with van der Waals surface area (Å²) >= 11 is 0. The molecule has 0 aromatic heterocycles. The van der Waals surface area contributed by atoms with Crippen molar-refractivity contribution in [1.29, 1.82) is 5.26 Å². The zero-order valence-corrected chi connectivity index (χ0v) is 11.3. The number of aryl methyl sites for hydroxylation is 1. The SMILES string of the molecule is Cc1cc(C#N)cc(CCN2CCNCC2)c1C. The molecule has 2 rings (SSSR count). The van der Waals surface area contributed by atoms with Gasteiger partial charge in [-0.15, -0.1) is 0 Å². The van der Waals surface area contributed by atoms with E-state index in [9.17, 15) is 0 Å². The lowest BCUT2D eigenvalue weighted by atomic mass is 9.97. The van der Waals surface area contributed by atoms with Crippen molar-refractivity contribution in [3.05, 3.63) is 34.4 Å². The van der Waals surface area contributed by atoms with Crippen molar-refractivity contribution >= 4 is 0 Å². The topological polar surface area (TPSA) is 39.1 Å². The molecule has 0 radical (unpaired) electrons. The molecule has 1 N–H and O–H groups in total. The molecule has 0 atom stereocenters. The zero-order chi connectivity index (χ0) is 13.0. The second-order valence-electron chi connectivity index (χ2n) is 5.03. The van der Waals surface area contributed by atoms with E-state index in [0.717, 1.165) is 44.7 Å². The van der Waals surface area contributed by atoms with Crippen LogP contribution in [0.25, 0.3) is 0 Å². The van der Waals surface area contributed by atoms with Gasteiger partial charge >= 0.3 is 0 Å². The first kappa shape index (κ1) is 13.1. The molecular weight excluding hydrogens is 222 g/mol. The monoisotopic (exact) mass is 243 g/mol. The summed E-state index contributed by atoms with van der Waals surface area (Å²) in [7, 11) is 0. The number of benzene rings is 1. The first-order valence-electron chi connectivity index (χ1n) is 6.64. The van der Waals surface area contributed by atoms with Gasteiger partial charge in [0.15, 0.2) is 0 Å². The van der Waals surface area contributed by atoms with Gasteiger partial charge in [0.1, 0.15) is 0 Å². The fourth-order valence-corrected chi connectivity index (χ4v) is 2.47. The number of hydrogen-bond donors (Lipinski definition) is 1. The summed E-state index contributed by atoms with van der Waals surface area (Å²) in [5.41, 5.74) is 4.67. The molecule has 1 aromatic carbocycles. The Morgan fingerprint density at radius 2 is 2.00 bits per heavy atom. The summed E-state index contributed by atoms with van der Waals surface area (Å²) in [6.45, 7) is 9.79. The molecule has 0 unspecified atom stereocenters. The molecule has 0 amide bonds. The largest absolute Gasteiger partial charge is 0.314 e. The number of rotatable bonds is 3. The minimum atomic E-state index is 0.786. The molecule has 1 aliphatic heterocycles. The second kappa shape index (κ2) is 5.99. The van der Waals surface area contributed by atoms with Gasteiger partial charge in [-0.2, -0.15) is 5.26 Å². The summed E-state index contributed by atoms with van der Waals surface area (Å²) in [5, 5.41) is 12.4. The number of piperazine rings is 1. The Balaban J connectivity index is 2.04. The molecule has 18 heavy (non-hydrogen) atoms. The molecule has 96 valence electrons. The smallest absolute Gasteiger partial charge is 0.0991 e. The normalized spacial score (nSPS) is 16.5. The molecule has 0 spiro atoms. The quantitative estimate of drug-likeness (QED) is 0.877. The van der Waals surface area contributed by atoms with E-state index in [4.69, 9.17) is 5.26 Å². The van der Waals surface area contributed by atoms with Crippen molar-refractivity contribution in [2.45, 2.75) is 20.3 Å². The average Bonchev–Trinajstić information content (AvgIpc) is 2.41. The van der Waals surface area contributed by atoms with Crippen molar-refractivity contribution in [2.24, 2.45) is 0 Å². The first-order chi connectivity index (χ1) is 8.70. The second-order valence-corrected chi connectivity index (χ2v) is 5.03. The van der Waals surface area contributed by atoms with Gasteiger partial charge in [-0.25, -0.2) is 0 Å². The van der Waals surface area contributed by atoms with E-state index >= 15 is 0 Å². The van der Waals surface area contributed by atoms with E-state index in [-0.39, 0.29) is 0 Å². The van der Waals surface area contributed by atoms with Crippen molar-refractivity contribution in [3.8, 4) is 6.07 Å². The maximum atomic E-state index is 9.03. The van der Waals surface area contributed by atoms with Crippen LogP contribution in [0.2, 0.25) is 0 Å². The standard InChI is InChI=1S/C15H21N3/c1-12-9-14(11-16)10-15(13(12)2)3-6-18-7-4-17-5-8-18/h9-10,17H,3-8H2,1-2H3. The van der Waals surface area contributed by atoms with Crippen molar-refractivity contribution in [3.63, 3.8) is 0 Å². The first-order valence-corrected chi connectivity index (χ1v) is 6.64. The number of nitrogens with zero attached hydrogens (tertiary/aromatic N) is 2. The minimum Gasteiger partial charge on any atom is -0.314 e. The number of nitrogens with one attached hydrogen (secondary N) is 1. The lowest BCUT2D eigenvalue weighted by Gasteiger charge is -2.27. The summed E-state index contributed by atoms with van der Waals surface area (Å²) in [4.78, 5) is 2.49. The highest BCUT2D eigenvalue weighted by Crippen LogP contribution is 2.17. The molecular formula is C15H21N3. The molecule has 0 saturated carbocycles. The summed E-state index contributed by atoms with van der Waals surface area (Å²) in [6, 6.07) is 6.27. The molecule has 3 heteroatoms. The fraction of sp³-hybridized carbons (Fsp3) is 0.533. The Morgan fingerprint density at radius 1 is 1.28 bits per heavy atom. The molecule has 1 fully saturated rings. The van der Waals surface area contributed by atoms with Crippen LogP contribution >= 0.6 is 0 Å². The van der Waals surface area contributed by atoms with Crippen LogP contribution in [0, 0.1) is 25.2 Å². The molecule has 1 aromatic rings. The predicted molar refractivity (Wildman–Crippen MR) is 73.6 cm³/mol. The van der Waals surface area contributed by atoms with Crippen molar-refractivity contribution in [1.82, 2.24) is 10.2 Å². The van der Waals surface area contributed by atoms with E-state index in [0.29, 0.717) is 0 Å². The van der Waals surface area contributed by atoms with Crippen LogP contribution in [0.1, 0.15) is 22.3 Å². The summed E-state index contributed by atoms with van der Waals surface area (Å²) in [6.07, 6.45) is 1.04. The molecule has 1 saturated heterocycles. The predicted octanol–water partition coefficient (Wildman–Crippen LogP) is 1.62. The maximum absolute atomic E-state index is 9.03. The summed E-state index contributed by atoms with van der Waals surface area (Å²) in [5.74, 6) is 0. The third kappa shape index (κ3) is 3.10. The lowest BCUT2D eigenvalue weighted by molar-refractivity contribution is 0.244. The van der Waals surface area contributed by atoms with Crippen LogP contribution in [0.3, 0.4) is 0 Å². The Bertz CT molecular complexity index is 454. The highest BCUT2D eigenvalue weighted by molar-refractivity contribution is 5.42. The van der Waals surface area contributed by atoms with Crippen LogP contribution in [-0.2, 0) is 6.42 Å². The Labute approximate surface area is 109 Å². The minimum absolute atomic E-state index is 0.786. The van der Waals surface area contributed by atoms with Crippen molar-refractivity contribution < 1.29 is 0 Å².